The average molecular weight is 420 g/mol. The van der Waals surface area contributed by atoms with Gasteiger partial charge < -0.3 is 15.4 Å². The lowest BCUT2D eigenvalue weighted by atomic mass is 9.92. The Kier molecular flexibility index (Phi) is 5.40. The van der Waals surface area contributed by atoms with Crippen LogP contribution in [0.4, 0.5) is 11.5 Å². The Morgan fingerprint density at radius 3 is 2.65 bits per heavy atom. The van der Waals surface area contributed by atoms with Gasteiger partial charge >= 0.3 is 5.69 Å². The second-order valence-electron chi connectivity index (χ2n) is 7.12. The molecule has 3 N–H and O–H groups in total. The summed E-state index contributed by atoms with van der Waals surface area (Å²) in [5.74, 6) is -1.44. The number of ether oxygens (including phenoxy) is 1. The van der Waals surface area contributed by atoms with E-state index in [4.69, 9.17) is 4.74 Å². The summed E-state index contributed by atoms with van der Waals surface area (Å²) in [6.45, 7) is 0.128. The van der Waals surface area contributed by atoms with Crippen molar-refractivity contribution in [2.24, 2.45) is 0 Å². The van der Waals surface area contributed by atoms with Crippen LogP contribution in [0.5, 0.6) is 5.75 Å². The lowest BCUT2D eigenvalue weighted by molar-refractivity contribution is -0.123. The highest BCUT2D eigenvalue weighted by Crippen LogP contribution is 2.30. The van der Waals surface area contributed by atoms with E-state index in [0.717, 1.165) is 5.56 Å². The van der Waals surface area contributed by atoms with E-state index in [1.165, 1.54) is 11.7 Å². The predicted octanol–water partition coefficient (Wildman–Crippen LogP) is 1.66. The zero-order valence-electron chi connectivity index (χ0n) is 16.7. The van der Waals surface area contributed by atoms with E-state index < -0.39 is 29.0 Å². The van der Waals surface area contributed by atoms with Gasteiger partial charge in [0.2, 0.25) is 11.8 Å². The van der Waals surface area contributed by atoms with Gasteiger partial charge in [0.15, 0.2) is 0 Å². The van der Waals surface area contributed by atoms with Gasteiger partial charge in [-0.05, 0) is 17.7 Å². The molecule has 4 rings (SSSR count). The number of hydrogen-bond donors (Lipinski definition) is 3. The number of nitrogens with zero attached hydrogens (tertiary/aromatic N) is 1. The summed E-state index contributed by atoms with van der Waals surface area (Å²) in [5, 5.41) is 5.32. The highest BCUT2D eigenvalue weighted by molar-refractivity contribution is 6.04. The van der Waals surface area contributed by atoms with Crippen molar-refractivity contribution in [3.05, 3.63) is 86.6 Å². The molecule has 9 nitrogen and oxygen atoms in total. The number of rotatable bonds is 5. The highest BCUT2D eigenvalue weighted by Gasteiger charge is 2.35. The number of H-pyrrole nitrogens is 1. The van der Waals surface area contributed by atoms with E-state index in [1.54, 1.807) is 24.3 Å². The second kappa shape index (κ2) is 8.31. The van der Waals surface area contributed by atoms with Crippen LogP contribution >= 0.6 is 0 Å². The van der Waals surface area contributed by atoms with Gasteiger partial charge in [-0.2, -0.15) is 0 Å². The van der Waals surface area contributed by atoms with Gasteiger partial charge in [-0.15, -0.1) is 0 Å². The van der Waals surface area contributed by atoms with Crippen molar-refractivity contribution in [2.45, 2.75) is 18.9 Å². The van der Waals surface area contributed by atoms with Crippen LogP contribution < -0.4 is 26.6 Å². The van der Waals surface area contributed by atoms with E-state index in [1.807, 2.05) is 30.3 Å². The summed E-state index contributed by atoms with van der Waals surface area (Å²) in [5.41, 5.74) is -0.0469. The van der Waals surface area contributed by atoms with E-state index in [-0.39, 0.29) is 24.3 Å². The Hall–Kier alpha value is -4.14. The number of nitrogens with one attached hydrogen (secondary N) is 3. The van der Waals surface area contributed by atoms with E-state index in [0.29, 0.717) is 11.4 Å². The molecule has 1 atom stereocenters. The summed E-state index contributed by atoms with van der Waals surface area (Å²) in [7, 11) is 1.51. The largest absolute Gasteiger partial charge is 0.497 e. The number of carbonyl (C=O) groups is 2. The molecule has 2 heterocycles. The van der Waals surface area contributed by atoms with Gasteiger partial charge in [-0.1, -0.05) is 36.4 Å². The minimum atomic E-state index is -1.05. The molecule has 2 amide bonds. The molecule has 2 aromatic carbocycles. The Morgan fingerprint density at radius 2 is 1.90 bits per heavy atom. The van der Waals surface area contributed by atoms with Crippen molar-refractivity contribution in [2.75, 3.05) is 17.7 Å². The summed E-state index contributed by atoms with van der Waals surface area (Å²) >= 11 is 0. The number of aromatic nitrogens is 2. The number of benzene rings is 2. The Bertz CT molecular complexity index is 1260. The van der Waals surface area contributed by atoms with Gasteiger partial charge in [0.25, 0.3) is 5.56 Å². The normalized spacial score (nSPS) is 15.0. The number of methoxy groups -OCH3 is 1. The summed E-state index contributed by atoms with van der Waals surface area (Å²) in [4.78, 5) is 52.8. The molecule has 0 saturated heterocycles. The first-order chi connectivity index (χ1) is 15.0. The van der Waals surface area contributed by atoms with Crippen LogP contribution in [0.2, 0.25) is 0 Å². The number of anilines is 2. The molecule has 3 aromatic rings. The van der Waals surface area contributed by atoms with Crippen LogP contribution in [-0.4, -0.2) is 28.5 Å². The predicted molar refractivity (Wildman–Crippen MR) is 114 cm³/mol. The summed E-state index contributed by atoms with van der Waals surface area (Å²) in [6, 6.07) is 15.9. The third-order valence-corrected chi connectivity index (χ3v) is 5.07. The first kappa shape index (κ1) is 20.1. The zero-order chi connectivity index (χ0) is 22.0. The van der Waals surface area contributed by atoms with Crippen LogP contribution in [0.1, 0.15) is 23.5 Å². The molecular weight excluding hydrogens is 400 g/mol. The van der Waals surface area contributed by atoms with E-state index >= 15 is 0 Å². The van der Waals surface area contributed by atoms with Crippen LogP contribution in [0, 0.1) is 0 Å². The fourth-order valence-electron chi connectivity index (χ4n) is 3.59. The molecular formula is C22H20N4O5. The SMILES string of the molecule is COc1cccc(NC(=O)C2CC(=O)Nc3c2c(=O)[nH]c(=O)n3Cc2ccccc2)c1. The van der Waals surface area contributed by atoms with Crippen molar-refractivity contribution in [1.29, 1.82) is 0 Å². The summed E-state index contributed by atoms with van der Waals surface area (Å²) < 4.78 is 6.41. The lowest BCUT2D eigenvalue weighted by Crippen LogP contribution is -2.42. The monoisotopic (exact) mass is 420 g/mol. The van der Waals surface area contributed by atoms with Crippen molar-refractivity contribution in [3.8, 4) is 5.75 Å². The first-order valence-corrected chi connectivity index (χ1v) is 9.62. The van der Waals surface area contributed by atoms with Crippen LogP contribution in [0.3, 0.4) is 0 Å². The maximum absolute atomic E-state index is 13.0. The molecule has 1 aromatic heterocycles. The molecule has 9 heteroatoms. The Balaban J connectivity index is 1.74. The molecule has 1 aliphatic heterocycles. The standard InChI is InChI=1S/C22H20N4O5/c1-31-15-9-5-8-14(10-15)23-20(28)16-11-17(27)24-19-18(16)21(29)25-22(30)26(19)12-13-6-3-2-4-7-13/h2-10,16H,11-12H2,1H3,(H,23,28)(H,24,27)(H,25,29,30). The number of aromatic amines is 1. The fraction of sp³-hybridized carbons (Fsp3) is 0.182. The zero-order valence-corrected chi connectivity index (χ0v) is 16.7. The fourth-order valence-corrected chi connectivity index (χ4v) is 3.59. The maximum atomic E-state index is 13.0. The van der Waals surface area contributed by atoms with Crippen molar-refractivity contribution in [1.82, 2.24) is 9.55 Å². The topological polar surface area (TPSA) is 122 Å². The summed E-state index contributed by atoms with van der Waals surface area (Å²) in [6.07, 6.45) is -0.213. The molecule has 0 radical (unpaired) electrons. The van der Waals surface area contributed by atoms with E-state index in [2.05, 4.69) is 15.6 Å². The van der Waals surface area contributed by atoms with Gasteiger partial charge in [0.1, 0.15) is 11.6 Å². The Labute approximate surface area is 176 Å². The minimum absolute atomic E-state index is 0.0413. The van der Waals surface area contributed by atoms with Crippen LogP contribution in [0.15, 0.2) is 64.2 Å². The molecule has 1 unspecified atom stereocenters. The quantitative estimate of drug-likeness (QED) is 0.579. The minimum Gasteiger partial charge on any atom is -0.497 e. The van der Waals surface area contributed by atoms with Crippen molar-refractivity contribution in [3.63, 3.8) is 0 Å². The van der Waals surface area contributed by atoms with Crippen LogP contribution in [-0.2, 0) is 16.1 Å². The second-order valence-corrected chi connectivity index (χ2v) is 7.12. The van der Waals surface area contributed by atoms with Crippen molar-refractivity contribution >= 4 is 23.3 Å². The maximum Gasteiger partial charge on any atom is 0.330 e. The van der Waals surface area contributed by atoms with Gasteiger partial charge in [-0.3, -0.25) is 23.9 Å². The van der Waals surface area contributed by atoms with Crippen LogP contribution in [0.25, 0.3) is 0 Å². The van der Waals surface area contributed by atoms with E-state index in [9.17, 15) is 19.2 Å². The smallest absolute Gasteiger partial charge is 0.330 e. The number of carbonyl (C=O) groups excluding carboxylic acids is 2. The molecule has 0 aliphatic carbocycles. The molecule has 31 heavy (non-hydrogen) atoms. The number of fused-ring (bicyclic) bond motifs is 1. The molecule has 0 saturated carbocycles. The first-order valence-electron chi connectivity index (χ1n) is 9.62. The molecule has 0 fully saturated rings. The lowest BCUT2D eigenvalue weighted by Gasteiger charge is -2.26. The number of hydrogen-bond acceptors (Lipinski definition) is 5. The van der Waals surface area contributed by atoms with Gasteiger partial charge in [0.05, 0.1) is 25.1 Å². The average Bonchev–Trinajstić information content (AvgIpc) is 2.76. The molecule has 0 bridgehead atoms. The van der Waals surface area contributed by atoms with Gasteiger partial charge in [-0.25, -0.2) is 4.79 Å². The molecule has 158 valence electrons. The van der Waals surface area contributed by atoms with Crippen molar-refractivity contribution < 1.29 is 14.3 Å². The Morgan fingerprint density at radius 1 is 1.13 bits per heavy atom. The highest BCUT2D eigenvalue weighted by atomic mass is 16.5. The third kappa shape index (κ3) is 4.11. The molecule has 0 spiro atoms. The molecule has 1 aliphatic rings. The third-order valence-electron chi connectivity index (χ3n) is 5.07. The van der Waals surface area contributed by atoms with Gasteiger partial charge in [0, 0.05) is 18.2 Å². The number of amides is 2.